The molecule has 1 N–H and O–H groups in total. The monoisotopic (exact) mass is 143 g/mol. The molecule has 0 bridgehead atoms. The molecule has 0 heterocycles. The van der Waals surface area contributed by atoms with Crippen LogP contribution in [0.15, 0.2) is 0 Å². The van der Waals surface area contributed by atoms with Crippen LogP contribution in [-0.4, -0.2) is 16.5 Å². The second-order valence-electron chi connectivity index (χ2n) is 2.67. The molecule has 59 valence electrons. The van der Waals surface area contributed by atoms with E-state index in [-0.39, 0.29) is 5.78 Å². The van der Waals surface area contributed by atoms with E-state index in [0.717, 1.165) is 0 Å². The van der Waals surface area contributed by atoms with Gasteiger partial charge in [-0.2, -0.15) is 0 Å². The van der Waals surface area contributed by atoms with E-state index < -0.39 is 5.60 Å². The van der Waals surface area contributed by atoms with E-state index in [4.69, 9.17) is 0 Å². The zero-order chi connectivity index (χ0) is 8.20. The zero-order valence-corrected chi connectivity index (χ0v) is 6.85. The third kappa shape index (κ3) is 3.62. The largest absolute Gasteiger partial charge is 0.389 e. The highest BCUT2D eigenvalue weighted by Gasteiger charge is 2.20. The molecule has 0 fully saturated rings. The Labute approximate surface area is 62.2 Å². The van der Waals surface area contributed by atoms with Crippen molar-refractivity contribution in [2.24, 2.45) is 0 Å². The smallest absolute Gasteiger partial charge is 0.139 e. The summed E-state index contributed by atoms with van der Waals surface area (Å²) in [5.41, 5.74) is -0.910. The molecule has 0 amide bonds. The van der Waals surface area contributed by atoms with Gasteiger partial charge < -0.3 is 5.11 Å². The Morgan fingerprint density at radius 2 is 2.10 bits per heavy atom. The van der Waals surface area contributed by atoms with Crippen LogP contribution in [0, 0.1) is 6.42 Å². The Hall–Kier alpha value is -0.370. The van der Waals surface area contributed by atoms with Gasteiger partial charge in [0.2, 0.25) is 0 Å². The Morgan fingerprint density at radius 1 is 1.60 bits per heavy atom. The van der Waals surface area contributed by atoms with Crippen molar-refractivity contribution in [2.45, 2.75) is 39.2 Å². The molecule has 2 nitrogen and oxygen atoms in total. The van der Waals surface area contributed by atoms with Gasteiger partial charge in [0.15, 0.2) is 0 Å². The fourth-order valence-corrected chi connectivity index (χ4v) is 0.551. The summed E-state index contributed by atoms with van der Waals surface area (Å²) in [5, 5.41) is 9.35. The van der Waals surface area contributed by atoms with Crippen molar-refractivity contribution in [2.75, 3.05) is 0 Å². The average molecular weight is 143 g/mol. The molecule has 10 heavy (non-hydrogen) atoms. The van der Waals surface area contributed by atoms with Crippen LogP contribution in [0.2, 0.25) is 0 Å². The molecule has 1 unspecified atom stereocenters. The van der Waals surface area contributed by atoms with Crippen LogP contribution >= 0.6 is 0 Å². The molecule has 0 aliphatic rings. The average Bonchev–Trinajstić information content (AvgIpc) is 1.87. The van der Waals surface area contributed by atoms with Gasteiger partial charge in [0.05, 0.1) is 12.0 Å². The van der Waals surface area contributed by atoms with Gasteiger partial charge in [-0.05, 0) is 13.3 Å². The minimum atomic E-state index is -0.910. The molecule has 0 aliphatic carbocycles. The lowest BCUT2D eigenvalue weighted by atomic mass is 9.96. The molecule has 1 atom stereocenters. The summed E-state index contributed by atoms with van der Waals surface area (Å²) >= 11 is 0. The number of carbonyl (C=O) groups is 1. The summed E-state index contributed by atoms with van der Waals surface area (Å²) in [7, 11) is 0. The highest BCUT2D eigenvalue weighted by Crippen LogP contribution is 2.13. The second-order valence-corrected chi connectivity index (χ2v) is 2.67. The van der Waals surface area contributed by atoms with E-state index in [1.165, 1.54) is 6.42 Å². The number of ketones is 1. The van der Waals surface area contributed by atoms with E-state index >= 15 is 0 Å². The predicted molar refractivity (Wildman–Crippen MR) is 40.5 cm³/mol. The van der Waals surface area contributed by atoms with Crippen LogP contribution in [0.3, 0.4) is 0 Å². The number of hydrogen-bond acceptors (Lipinski definition) is 2. The van der Waals surface area contributed by atoms with Gasteiger partial charge in [-0.25, -0.2) is 0 Å². The summed E-state index contributed by atoms with van der Waals surface area (Å²) in [6.07, 6.45) is 2.43. The van der Waals surface area contributed by atoms with Crippen molar-refractivity contribution in [1.82, 2.24) is 0 Å². The molecule has 0 aromatic heterocycles. The molecule has 0 aliphatic heterocycles. The van der Waals surface area contributed by atoms with Crippen molar-refractivity contribution in [3.05, 3.63) is 6.42 Å². The normalized spacial score (nSPS) is 16.4. The summed E-state index contributed by atoms with van der Waals surface area (Å²) in [5.74, 6) is 0.00634. The van der Waals surface area contributed by atoms with E-state index in [1.54, 1.807) is 13.8 Å². The Balaban J connectivity index is 3.76. The highest BCUT2D eigenvalue weighted by molar-refractivity contribution is 5.87. The Morgan fingerprint density at radius 3 is 2.40 bits per heavy atom. The van der Waals surface area contributed by atoms with Crippen molar-refractivity contribution in [3.8, 4) is 0 Å². The van der Waals surface area contributed by atoms with Crippen molar-refractivity contribution >= 4 is 5.78 Å². The number of Topliss-reactive ketones (excluding diaryl/α,β-unsaturated/α-hetero) is 1. The van der Waals surface area contributed by atoms with Crippen LogP contribution in [0.5, 0.6) is 0 Å². The first kappa shape index (κ1) is 9.63. The number of aliphatic hydroxyl groups is 1. The standard InChI is InChI=1S/C8H15O2/c1-4-7(9)6-8(3,10)5-2/h6,10H,4-5H2,1-3H3. The van der Waals surface area contributed by atoms with Gasteiger partial charge in [-0.3, -0.25) is 4.79 Å². The van der Waals surface area contributed by atoms with Gasteiger partial charge in [-0.15, -0.1) is 0 Å². The number of carbonyl (C=O) groups excluding carboxylic acids is 1. The van der Waals surface area contributed by atoms with E-state index in [1.807, 2.05) is 6.92 Å². The Kier molecular flexibility index (Phi) is 3.58. The maximum atomic E-state index is 10.8. The zero-order valence-electron chi connectivity index (χ0n) is 6.85. The fraction of sp³-hybridized carbons (Fsp3) is 0.750. The van der Waals surface area contributed by atoms with E-state index in [0.29, 0.717) is 12.8 Å². The van der Waals surface area contributed by atoms with Crippen molar-refractivity contribution in [1.29, 1.82) is 0 Å². The SMILES string of the molecule is CCC(=O)[CH]C(C)(O)CC. The van der Waals surface area contributed by atoms with Crippen LogP contribution in [-0.2, 0) is 4.79 Å². The lowest BCUT2D eigenvalue weighted by molar-refractivity contribution is -0.117. The minimum Gasteiger partial charge on any atom is -0.389 e. The molecule has 0 saturated carbocycles. The summed E-state index contributed by atoms with van der Waals surface area (Å²) in [6, 6.07) is 0. The fourth-order valence-electron chi connectivity index (χ4n) is 0.551. The summed E-state index contributed by atoms with van der Waals surface area (Å²) in [6.45, 7) is 5.27. The van der Waals surface area contributed by atoms with Crippen LogP contribution in [0.4, 0.5) is 0 Å². The first-order chi connectivity index (χ1) is 4.52. The highest BCUT2D eigenvalue weighted by atomic mass is 16.3. The summed E-state index contributed by atoms with van der Waals surface area (Å²) in [4.78, 5) is 10.8. The van der Waals surface area contributed by atoms with Gasteiger partial charge in [0, 0.05) is 6.42 Å². The quantitative estimate of drug-likeness (QED) is 0.644. The van der Waals surface area contributed by atoms with Gasteiger partial charge >= 0.3 is 0 Å². The summed E-state index contributed by atoms with van der Waals surface area (Å²) < 4.78 is 0. The van der Waals surface area contributed by atoms with Crippen LogP contribution in [0.25, 0.3) is 0 Å². The maximum absolute atomic E-state index is 10.8. The minimum absolute atomic E-state index is 0.00634. The lowest BCUT2D eigenvalue weighted by Crippen LogP contribution is -2.27. The van der Waals surface area contributed by atoms with E-state index in [2.05, 4.69) is 0 Å². The molecule has 0 saturated heterocycles. The third-order valence-electron chi connectivity index (χ3n) is 1.54. The topological polar surface area (TPSA) is 37.3 Å². The van der Waals surface area contributed by atoms with Gasteiger partial charge in [0.25, 0.3) is 0 Å². The molecule has 0 spiro atoms. The molecular formula is C8H15O2. The van der Waals surface area contributed by atoms with Crippen molar-refractivity contribution in [3.63, 3.8) is 0 Å². The maximum Gasteiger partial charge on any atom is 0.139 e. The first-order valence-electron chi connectivity index (χ1n) is 3.63. The third-order valence-corrected chi connectivity index (χ3v) is 1.54. The first-order valence-corrected chi connectivity index (χ1v) is 3.63. The van der Waals surface area contributed by atoms with Gasteiger partial charge in [-0.1, -0.05) is 13.8 Å². The van der Waals surface area contributed by atoms with Gasteiger partial charge in [0.1, 0.15) is 5.78 Å². The molecule has 0 aromatic rings. The second kappa shape index (κ2) is 3.71. The molecule has 1 radical (unpaired) electrons. The van der Waals surface area contributed by atoms with Crippen molar-refractivity contribution < 1.29 is 9.90 Å². The molecule has 0 rings (SSSR count). The molecule has 0 aromatic carbocycles. The lowest BCUT2D eigenvalue weighted by Gasteiger charge is -2.18. The number of hydrogen-bond donors (Lipinski definition) is 1. The molecular weight excluding hydrogens is 128 g/mol. The van der Waals surface area contributed by atoms with Crippen LogP contribution < -0.4 is 0 Å². The Bertz CT molecular complexity index is 116. The number of rotatable bonds is 4. The van der Waals surface area contributed by atoms with Crippen LogP contribution in [0.1, 0.15) is 33.6 Å². The predicted octanol–water partition coefficient (Wildman–Crippen LogP) is 1.33. The molecule has 2 heteroatoms. The van der Waals surface area contributed by atoms with E-state index in [9.17, 15) is 9.90 Å².